The molecule has 10 nitrogen and oxygen atoms in total. The van der Waals surface area contributed by atoms with Gasteiger partial charge in [0.25, 0.3) is 5.56 Å². The number of carbonyl (C=O) groups is 1. The third-order valence-corrected chi connectivity index (χ3v) is 6.13. The number of hydrogen-bond acceptors (Lipinski definition) is 8. The van der Waals surface area contributed by atoms with Crippen LogP contribution < -0.4 is 10.9 Å². The lowest BCUT2D eigenvalue weighted by molar-refractivity contribution is -0.192. The van der Waals surface area contributed by atoms with Crippen LogP contribution in [0, 0.1) is 18.6 Å². The van der Waals surface area contributed by atoms with E-state index in [1.54, 1.807) is 19.2 Å². The van der Waals surface area contributed by atoms with Gasteiger partial charge in [0.1, 0.15) is 23.5 Å². The van der Waals surface area contributed by atoms with Gasteiger partial charge in [-0.2, -0.15) is 13.2 Å². The van der Waals surface area contributed by atoms with E-state index in [4.69, 9.17) is 9.90 Å². The Kier molecular flexibility index (Phi) is 7.08. The summed E-state index contributed by atoms with van der Waals surface area (Å²) in [6.07, 6.45) is -2.22. The lowest BCUT2D eigenvalue weighted by Crippen LogP contribution is -2.23. The van der Waals surface area contributed by atoms with Crippen LogP contribution in [0.1, 0.15) is 24.4 Å². The van der Waals surface area contributed by atoms with E-state index in [0.717, 1.165) is 18.2 Å². The Hall–Kier alpha value is -4.47. The third kappa shape index (κ3) is 5.15. The van der Waals surface area contributed by atoms with Crippen LogP contribution in [0.2, 0.25) is 0 Å². The molecule has 0 aliphatic heterocycles. The summed E-state index contributed by atoms with van der Waals surface area (Å²) in [5.74, 6) is -3.69. The molecule has 1 atom stereocenters. The van der Waals surface area contributed by atoms with Crippen molar-refractivity contribution in [3.8, 4) is 11.1 Å². The number of anilines is 1. The van der Waals surface area contributed by atoms with Crippen LogP contribution in [0.5, 0.6) is 0 Å². The van der Waals surface area contributed by atoms with Crippen molar-refractivity contribution in [2.75, 3.05) is 5.32 Å². The number of halogens is 5. The highest BCUT2D eigenvalue weighted by Gasteiger charge is 2.38. The molecule has 4 heterocycles. The number of aryl methyl sites for hydroxylation is 1. The second-order valence-electron chi connectivity index (χ2n) is 7.79. The van der Waals surface area contributed by atoms with Crippen molar-refractivity contribution in [3.63, 3.8) is 0 Å². The van der Waals surface area contributed by atoms with E-state index in [-0.39, 0.29) is 16.8 Å². The second kappa shape index (κ2) is 10.1. The number of rotatable bonds is 4. The number of carboxylic acid groups (broad SMARTS) is 1. The summed E-state index contributed by atoms with van der Waals surface area (Å²) in [6, 6.07) is 2.44. The number of benzene rings is 1. The van der Waals surface area contributed by atoms with Crippen LogP contribution in [-0.4, -0.2) is 46.6 Å². The molecule has 0 spiro atoms. The van der Waals surface area contributed by atoms with Crippen molar-refractivity contribution in [1.82, 2.24) is 29.3 Å². The largest absolute Gasteiger partial charge is 0.490 e. The molecule has 0 bridgehead atoms. The predicted molar refractivity (Wildman–Crippen MR) is 127 cm³/mol. The van der Waals surface area contributed by atoms with Crippen LogP contribution in [0.15, 0.2) is 41.0 Å². The number of aromatic amines is 1. The summed E-state index contributed by atoms with van der Waals surface area (Å²) in [4.78, 5) is 42.8. The number of aromatic nitrogens is 6. The van der Waals surface area contributed by atoms with Crippen LogP contribution in [0.4, 0.5) is 27.8 Å². The maximum absolute atomic E-state index is 14.7. The second-order valence-corrected chi connectivity index (χ2v) is 8.62. The van der Waals surface area contributed by atoms with Crippen molar-refractivity contribution >= 4 is 39.2 Å². The molecule has 1 unspecified atom stereocenters. The summed E-state index contributed by atoms with van der Waals surface area (Å²) in [7, 11) is 0. The molecule has 198 valence electrons. The molecular weight excluding hydrogens is 537 g/mol. The molecule has 5 rings (SSSR count). The van der Waals surface area contributed by atoms with Crippen molar-refractivity contribution in [2.45, 2.75) is 26.1 Å². The van der Waals surface area contributed by atoms with E-state index in [9.17, 15) is 26.7 Å². The first kappa shape index (κ1) is 26.6. The third-order valence-electron chi connectivity index (χ3n) is 5.19. The number of nitrogens with one attached hydrogen (secondary N) is 2. The Bertz CT molecular complexity index is 1710. The van der Waals surface area contributed by atoms with Crippen molar-refractivity contribution in [2.24, 2.45) is 0 Å². The van der Waals surface area contributed by atoms with Crippen molar-refractivity contribution < 1.29 is 31.9 Å². The van der Waals surface area contributed by atoms with Gasteiger partial charge in [0.2, 0.25) is 0 Å². The minimum absolute atomic E-state index is 0.0108. The predicted octanol–water partition coefficient (Wildman–Crippen LogP) is 4.48. The Morgan fingerprint density at radius 1 is 1.21 bits per heavy atom. The normalized spacial score (nSPS) is 12.3. The highest BCUT2D eigenvalue weighted by molar-refractivity contribution is 7.15. The van der Waals surface area contributed by atoms with E-state index in [0.29, 0.717) is 27.6 Å². The van der Waals surface area contributed by atoms with E-state index in [2.05, 4.69) is 30.2 Å². The first-order valence-corrected chi connectivity index (χ1v) is 11.4. The summed E-state index contributed by atoms with van der Waals surface area (Å²) in [5.41, 5.74) is 1.37. The quantitative estimate of drug-likeness (QED) is 0.277. The Morgan fingerprint density at radius 2 is 1.92 bits per heavy atom. The molecule has 5 aromatic rings. The van der Waals surface area contributed by atoms with Gasteiger partial charge in [0.05, 0.1) is 23.6 Å². The number of imidazole rings is 1. The molecule has 38 heavy (non-hydrogen) atoms. The van der Waals surface area contributed by atoms with Gasteiger partial charge < -0.3 is 15.4 Å². The Balaban J connectivity index is 0.000000426. The zero-order chi connectivity index (χ0) is 27.8. The summed E-state index contributed by atoms with van der Waals surface area (Å²) < 4.78 is 61.8. The number of hydrogen-bond donors (Lipinski definition) is 3. The number of thiazole rings is 1. The van der Waals surface area contributed by atoms with Crippen LogP contribution in [0.3, 0.4) is 0 Å². The highest BCUT2D eigenvalue weighted by atomic mass is 32.1. The number of alkyl halides is 3. The standard InChI is InChI=1S/C20H15F2N7OS.C2HF3O2/c1-9-6-31-20-28-15(10(2)27-18-16-17(24-7-23-16)25-8-26-18)14(19(30)29(9)20)12-5-11(21)3-4-13(12)22;3-2(4,5)1(6)7/h3-8,10H,1-2H3,(H2,23,24,25,26,27);(H,6,7). The molecule has 0 saturated carbocycles. The lowest BCUT2D eigenvalue weighted by Gasteiger charge is -2.18. The van der Waals surface area contributed by atoms with Gasteiger partial charge in [-0.05, 0) is 32.0 Å². The molecule has 16 heteroatoms. The average molecular weight is 553 g/mol. The SMILES string of the molecule is Cc1csc2nc(C(C)Nc3ncnc4[nH]cnc34)c(-c3cc(F)ccc3F)c(=O)n12.O=C(O)C(F)(F)F. The Morgan fingerprint density at radius 3 is 2.61 bits per heavy atom. The molecule has 0 fully saturated rings. The van der Waals surface area contributed by atoms with Crippen LogP contribution in [0.25, 0.3) is 27.3 Å². The zero-order valence-electron chi connectivity index (χ0n) is 19.3. The fraction of sp³-hybridized carbons (Fsp3) is 0.182. The maximum Gasteiger partial charge on any atom is 0.490 e. The molecule has 4 aromatic heterocycles. The monoisotopic (exact) mass is 553 g/mol. The summed E-state index contributed by atoms with van der Waals surface area (Å²) in [5, 5.41) is 12.1. The molecule has 3 N–H and O–H groups in total. The number of H-pyrrole nitrogens is 1. The van der Waals surface area contributed by atoms with Crippen molar-refractivity contribution in [1.29, 1.82) is 0 Å². The van der Waals surface area contributed by atoms with Gasteiger partial charge in [0.15, 0.2) is 16.4 Å². The van der Waals surface area contributed by atoms with Gasteiger partial charge >= 0.3 is 12.1 Å². The maximum atomic E-state index is 14.7. The van der Waals surface area contributed by atoms with E-state index >= 15 is 0 Å². The number of aliphatic carboxylic acids is 1. The first-order valence-electron chi connectivity index (χ1n) is 10.6. The topological polar surface area (TPSA) is 138 Å². The fourth-order valence-electron chi connectivity index (χ4n) is 3.50. The Labute approximate surface area is 212 Å². The number of nitrogens with zero attached hydrogens (tertiary/aromatic N) is 5. The number of carboxylic acids is 1. The smallest absolute Gasteiger partial charge is 0.475 e. The lowest BCUT2D eigenvalue weighted by atomic mass is 10.0. The van der Waals surface area contributed by atoms with Gasteiger partial charge in [-0.25, -0.2) is 33.5 Å². The molecule has 0 saturated heterocycles. The van der Waals surface area contributed by atoms with Crippen molar-refractivity contribution in [3.05, 3.63) is 69.6 Å². The van der Waals surface area contributed by atoms with Gasteiger partial charge in [-0.15, -0.1) is 11.3 Å². The van der Waals surface area contributed by atoms with E-state index < -0.39 is 35.4 Å². The molecule has 1 aromatic carbocycles. The highest BCUT2D eigenvalue weighted by Crippen LogP contribution is 2.31. The van der Waals surface area contributed by atoms with Gasteiger partial charge in [0, 0.05) is 16.6 Å². The van der Waals surface area contributed by atoms with E-state index in [1.807, 2.05) is 0 Å². The zero-order valence-corrected chi connectivity index (χ0v) is 20.2. The average Bonchev–Trinajstić information content (AvgIpc) is 3.48. The first-order chi connectivity index (χ1) is 17.9. The van der Waals surface area contributed by atoms with Crippen LogP contribution in [-0.2, 0) is 4.79 Å². The van der Waals surface area contributed by atoms with E-state index in [1.165, 1.54) is 28.4 Å². The summed E-state index contributed by atoms with van der Waals surface area (Å²) >= 11 is 1.29. The number of fused-ring (bicyclic) bond motifs is 2. The molecular formula is C22H16F5N7O3S. The molecule has 0 aliphatic rings. The molecule has 0 radical (unpaired) electrons. The fourth-order valence-corrected chi connectivity index (χ4v) is 4.36. The minimum Gasteiger partial charge on any atom is -0.475 e. The molecule has 0 aliphatic carbocycles. The van der Waals surface area contributed by atoms with Gasteiger partial charge in [-0.1, -0.05) is 0 Å². The van der Waals surface area contributed by atoms with Crippen LogP contribution >= 0.6 is 11.3 Å². The summed E-state index contributed by atoms with van der Waals surface area (Å²) in [6.45, 7) is 3.52. The van der Waals surface area contributed by atoms with Gasteiger partial charge in [-0.3, -0.25) is 9.20 Å². The minimum atomic E-state index is -5.08. The molecule has 0 amide bonds.